The molecule has 1 heterocycles. The minimum absolute atomic E-state index is 0.0160. The summed E-state index contributed by atoms with van der Waals surface area (Å²) >= 11 is 5.98. The SMILES string of the molecule is COc1ccc(C(=O)c2ccc(OCc3ccc(F)cc3Cl)nc2)c(OC(C)(C)C(=O)OC(=O)C(F)(F)F)c1. The molecule has 0 atom stereocenters. The van der Waals surface area contributed by atoms with E-state index in [9.17, 15) is 31.9 Å². The van der Waals surface area contributed by atoms with Crippen molar-refractivity contribution in [3.63, 3.8) is 0 Å². The largest absolute Gasteiger partial charge is 0.497 e. The topological polar surface area (TPSA) is 101 Å². The second-order valence-electron chi connectivity index (χ2n) is 8.39. The lowest BCUT2D eigenvalue weighted by molar-refractivity contribution is -0.206. The summed E-state index contributed by atoms with van der Waals surface area (Å²) in [4.78, 5) is 40.6. The zero-order chi connectivity index (χ0) is 29.0. The number of hydrogen-bond acceptors (Lipinski definition) is 8. The zero-order valence-corrected chi connectivity index (χ0v) is 21.4. The molecule has 2 aromatic carbocycles. The lowest BCUT2D eigenvalue weighted by Crippen LogP contribution is -2.43. The monoisotopic (exact) mass is 569 g/mol. The maximum atomic E-state index is 13.2. The third kappa shape index (κ3) is 7.44. The van der Waals surface area contributed by atoms with Gasteiger partial charge in [0.25, 0.3) is 0 Å². The molecule has 0 bridgehead atoms. The van der Waals surface area contributed by atoms with Gasteiger partial charge in [0.2, 0.25) is 11.5 Å². The van der Waals surface area contributed by atoms with E-state index in [1.807, 2.05) is 0 Å². The third-order valence-electron chi connectivity index (χ3n) is 5.10. The average Bonchev–Trinajstić information content (AvgIpc) is 2.87. The molecule has 13 heteroatoms. The number of alkyl halides is 3. The summed E-state index contributed by atoms with van der Waals surface area (Å²) in [5.41, 5.74) is -1.62. The van der Waals surface area contributed by atoms with Crippen molar-refractivity contribution in [2.75, 3.05) is 7.11 Å². The first-order valence-corrected chi connectivity index (χ1v) is 11.4. The van der Waals surface area contributed by atoms with Gasteiger partial charge in [-0.05, 0) is 44.2 Å². The van der Waals surface area contributed by atoms with Crippen LogP contribution in [0.2, 0.25) is 5.02 Å². The lowest BCUT2D eigenvalue weighted by Gasteiger charge is -2.25. The molecule has 3 aromatic rings. The number of pyridine rings is 1. The maximum Gasteiger partial charge on any atom is 0.491 e. The molecular formula is C26H20ClF4NO7. The number of aromatic nitrogens is 1. The van der Waals surface area contributed by atoms with Gasteiger partial charge < -0.3 is 18.9 Å². The highest BCUT2D eigenvalue weighted by Gasteiger charge is 2.45. The van der Waals surface area contributed by atoms with Gasteiger partial charge in [-0.15, -0.1) is 0 Å². The maximum absolute atomic E-state index is 13.2. The lowest BCUT2D eigenvalue weighted by atomic mass is 10.0. The average molecular weight is 570 g/mol. The number of benzene rings is 2. The molecule has 0 N–H and O–H groups in total. The Morgan fingerprint density at radius 3 is 2.28 bits per heavy atom. The van der Waals surface area contributed by atoms with E-state index in [-0.39, 0.29) is 40.1 Å². The van der Waals surface area contributed by atoms with Crippen molar-refractivity contribution in [1.82, 2.24) is 4.98 Å². The first-order chi connectivity index (χ1) is 18.2. The Hall–Kier alpha value is -4.19. The van der Waals surface area contributed by atoms with Crippen LogP contribution in [0, 0.1) is 5.82 Å². The Kier molecular flexibility index (Phi) is 8.80. The number of hydrogen-bond donors (Lipinski definition) is 0. The van der Waals surface area contributed by atoms with Crippen LogP contribution in [0.4, 0.5) is 17.6 Å². The van der Waals surface area contributed by atoms with Gasteiger partial charge in [-0.3, -0.25) is 4.79 Å². The number of esters is 2. The second-order valence-corrected chi connectivity index (χ2v) is 8.80. The molecule has 0 unspecified atom stereocenters. The number of ketones is 1. The van der Waals surface area contributed by atoms with Gasteiger partial charge in [-0.25, -0.2) is 19.0 Å². The molecule has 0 aliphatic carbocycles. The van der Waals surface area contributed by atoms with E-state index in [4.69, 9.17) is 25.8 Å². The fraction of sp³-hybridized carbons (Fsp3) is 0.231. The molecule has 8 nitrogen and oxygen atoms in total. The second kappa shape index (κ2) is 11.7. The number of nitrogens with zero attached hydrogens (tertiary/aromatic N) is 1. The number of halogens is 5. The molecule has 206 valence electrons. The van der Waals surface area contributed by atoms with Gasteiger partial charge in [-0.1, -0.05) is 17.7 Å². The van der Waals surface area contributed by atoms with Gasteiger partial charge in [0.15, 0.2) is 5.78 Å². The normalized spacial score (nSPS) is 11.5. The van der Waals surface area contributed by atoms with Crippen LogP contribution in [0.3, 0.4) is 0 Å². The van der Waals surface area contributed by atoms with E-state index in [1.165, 1.54) is 55.8 Å². The Balaban J connectivity index is 1.80. The minimum atomic E-state index is -5.39. The van der Waals surface area contributed by atoms with Crippen LogP contribution in [-0.2, 0) is 20.9 Å². The van der Waals surface area contributed by atoms with E-state index < -0.39 is 35.3 Å². The van der Waals surface area contributed by atoms with Crippen molar-refractivity contribution in [1.29, 1.82) is 0 Å². The predicted molar refractivity (Wildman–Crippen MR) is 128 cm³/mol. The van der Waals surface area contributed by atoms with Crippen molar-refractivity contribution in [2.24, 2.45) is 0 Å². The van der Waals surface area contributed by atoms with Crippen LogP contribution in [0.25, 0.3) is 0 Å². The predicted octanol–water partition coefficient (Wildman–Crippen LogP) is 5.48. The zero-order valence-electron chi connectivity index (χ0n) is 20.6. The number of methoxy groups -OCH3 is 1. The summed E-state index contributed by atoms with van der Waals surface area (Å²) in [6, 6.07) is 10.6. The van der Waals surface area contributed by atoms with E-state index >= 15 is 0 Å². The Morgan fingerprint density at radius 1 is 0.974 bits per heavy atom. The van der Waals surface area contributed by atoms with Crippen LogP contribution in [-0.4, -0.2) is 41.6 Å². The molecule has 0 aliphatic heterocycles. The van der Waals surface area contributed by atoms with E-state index in [1.54, 1.807) is 0 Å². The van der Waals surface area contributed by atoms with Crippen LogP contribution < -0.4 is 14.2 Å². The standard InChI is InChI=1S/C26H20ClF4NO7/c1-25(2,23(34)38-24(35)26(29,30)31)39-20-11-17(36-3)7-8-18(20)22(33)14-5-9-21(32-12-14)37-13-15-4-6-16(28)10-19(15)27/h4-12H,13H2,1-3H3. The summed E-state index contributed by atoms with van der Waals surface area (Å²) in [6.45, 7) is 2.11. The quantitative estimate of drug-likeness (QED) is 0.144. The summed E-state index contributed by atoms with van der Waals surface area (Å²) in [5, 5.41) is 0.170. The van der Waals surface area contributed by atoms with Crippen LogP contribution in [0.15, 0.2) is 54.7 Å². The Labute approximate surface area is 224 Å². The molecule has 0 spiro atoms. The van der Waals surface area contributed by atoms with E-state index in [0.29, 0.717) is 5.56 Å². The van der Waals surface area contributed by atoms with Crippen molar-refractivity contribution >= 4 is 29.3 Å². The molecule has 3 rings (SSSR count). The van der Waals surface area contributed by atoms with Gasteiger partial charge in [0.1, 0.15) is 23.9 Å². The number of rotatable bonds is 9. The first-order valence-electron chi connectivity index (χ1n) is 11.0. The summed E-state index contributed by atoms with van der Waals surface area (Å²) < 4.78 is 70.8. The van der Waals surface area contributed by atoms with Gasteiger partial charge in [-0.2, -0.15) is 13.2 Å². The number of carbonyl (C=O) groups excluding carboxylic acids is 3. The first kappa shape index (κ1) is 29.4. The molecule has 0 saturated heterocycles. The van der Waals surface area contributed by atoms with Crippen molar-refractivity contribution in [3.05, 3.63) is 82.3 Å². The molecule has 0 saturated carbocycles. The van der Waals surface area contributed by atoms with Gasteiger partial charge in [0.05, 0.1) is 17.7 Å². The Bertz CT molecular complexity index is 1390. The molecule has 0 fully saturated rings. The molecule has 0 amide bonds. The van der Waals surface area contributed by atoms with Crippen LogP contribution in [0.5, 0.6) is 17.4 Å². The van der Waals surface area contributed by atoms with Crippen molar-refractivity contribution in [3.8, 4) is 17.4 Å². The van der Waals surface area contributed by atoms with E-state index in [0.717, 1.165) is 19.9 Å². The van der Waals surface area contributed by atoms with Crippen molar-refractivity contribution < 1.29 is 50.9 Å². The molecule has 39 heavy (non-hydrogen) atoms. The number of ether oxygens (including phenoxy) is 4. The summed E-state index contributed by atoms with van der Waals surface area (Å²) in [7, 11) is 1.32. The fourth-order valence-corrected chi connectivity index (χ4v) is 3.25. The third-order valence-corrected chi connectivity index (χ3v) is 5.45. The summed E-state index contributed by atoms with van der Waals surface area (Å²) in [6.07, 6.45) is -4.18. The van der Waals surface area contributed by atoms with Gasteiger partial charge >= 0.3 is 18.1 Å². The van der Waals surface area contributed by atoms with Crippen LogP contribution >= 0.6 is 11.6 Å². The van der Waals surface area contributed by atoms with Crippen LogP contribution in [0.1, 0.15) is 35.3 Å². The van der Waals surface area contributed by atoms with E-state index in [2.05, 4.69) is 9.72 Å². The fourth-order valence-electron chi connectivity index (χ4n) is 3.03. The highest BCUT2D eigenvalue weighted by molar-refractivity contribution is 6.31. The molecule has 1 aromatic heterocycles. The molecule has 0 radical (unpaired) electrons. The minimum Gasteiger partial charge on any atom is -0.497 e. The Morgan fingerprint density at radius 2 is 1.69 bits per heavy atom. The molecular weight excluding hydrogens is 550 g/mol. The number of carbonyl (C=O) groups is 3. The molecule has 0 aliphatic rings. The smallest absolute Gasteiger partial charge is 0.491 e. The highest BCUT2D eigenvalue weighted by Crippen LogP contribution is 2.31. The summed E-state index contributed by atoms with van der Waals surface area (Å²) in [5.74, 6) is -5.34. The van der Waals surface area contributed by atoms with Crippen molar-refractivity contribution in [2.45, 2.75) is 32.2 Å². The highest BCUT2D eigenvalue weighted by atomic mass is 35.5. The van der Waals surface area contributed by atoms with Gasteiger partial charge in [0, 0.05) is 29.5 Å².